The molecule has 1 unspecified atom stereocenters. The molecule has 3 nitrogen and oxygen atoms in total. The van der Waals surface area contributed by atoms with Crippen LogP contribution in [0.25, 0.3) is 0 Å². The molecule has 2 N–H and O–H groups in total. The topological polar surface area (TPSA) is 41.1 Å². The van der Waals surface area contributed by atoms with Crippen molar-refractivity contribution in [2.75, 3.05) is 13.1 Å². The highest BCUT2D eigenvalue weighted by atomic mass is 35.5. The fraction of sp³-hybridized carbons (Fsp3) is 0.533. The van der Waals surface area contributed by atoms with E-state index in [1.807, 2.05) is 26.8 Å². The standard InChI is InChI=1S/C15H22Cl2N2O/c1-4-18-11(3)9-19-15(20)10(2)7-12-5-6-13(16)8-14(12)17/h5-6,8,10-11,18H,4,7,9H2,1-3H3,(H,19,20)/t10?,11-/m1/s1. The van der Waals surface area contributed by atoms with Crippen LogP contribution in [0.5, 0.6) is 0 Å². The third-order valence-corrected chi connectivity index (χ3v) is 3.71. The van der Waals surface area contributed by atoms with Gasteiger partial charge >= 0.3 is 0 Å². The molecule has 0 aliphatic heterocycles. The Kier molecular flexibility index (Phi) is 7.35. The van der Waals surface area contributed by atoms with Gasteiger partial charge in [-0.25, -0.2) is 0 Å². The third kappa shape index (κ3) is 5.70. The fourth-order valence-corrected chi connectivity index (χ4v) is 2.44. The van der Waals surface area contributed by atoms with Crippen LogP contribution in [0.4, 0.5) is 0 Å². The molecular weight excluding hydrogens is 295 g/mol. The van der Waals surface area contributed by atoms with Crippen molar-refractivity contribution >= 4 is 29.1 Å². The highest BCUT2D eigenvalue weighted by molar-refractivity contribution is 6.35. The van der Waals surface area contributed by atoms with Gasteiger partial charge in [0, 0.05) is 28.5 Å². The van der Waals surface area contributed by atoms with E-state index in [9.17, 15) is 4.79 Å². The van der Waals surface area contributed by atoms with E-state index in [4.69, 9.17) is 23.2 Å². The highest BCUT2D eigenvalue weighted by Crippen LogP contribution is 2.23. The Morgan fingerprint density at radius 3 is 2.60 bits per heavy atom. The monoisotopic (exact) mass is 316 g/mol. The van der Waals surface area contributed by atoms with E-state index in [1.165, 1.54) is 0 Å². The molecule has 0 fully saturated rings. The summed E-state index contributed by atoms with van der Waals surface area (Å²) >= 11 is 12.0. The predicted octanol–water partition coefficient (Wildman–Crippen LogP) is 3.29. The summed E-state index contributed by atoms with van der Waals surface area (Å²) in [6.45, 7) is 7.52. The summed E-state index contributed by atoms with van der Waals surface area (Å²) < 4.78 is 0. The van der Waals surface area contributed by atoms with Crippen molar-refractivity contribution in [1.29, 1.82) is 0 Å². The molecule has 1 rings (SSSR count). The molecule has 0 radical (unpaired) electrons. The first kappa shape index (κ1) is 17.3. The molecule has 0 aliphatic carbocycles. The lowest BCUT2D eigenvalue weighted by Gasteiger charge is -2.17. The van der Waals surface area contributed by atoms with Crippen molar-refractivity contribution in [3.05, 3.63) is 33.8 Å². The van der Waals surface area contributed by atoms with Crippen LogP contribution in [-0.2, 0) is 11.2 Å². The average Bonchev–Trinajstić information content (AvgIpc) is 2.39. The number of nitrogens with one attached hydrogen (secondary N) is 2. The van der Waals surface area contributed by atoms with Gasteiger partial charge in [0.2, 0.25) is 5.91 Å². The first-order valence-corrected chi connectivity index (χ1v) is 7.64. The van der Waals surface area contributed by atoms with Gasteiger partial charge in [-0.3, -0.25) is 4.79 Å². The molecule has 0 aliphatic rings. The van der Waals surface area contributed by atoms with Gasteiger partial charge in [0.25, 0.3) is 0 Å². The lowest BCUT2D eigenvalue weighted by atomic mass is 10.0. The number of rotatable bonds is 7. The number of hydrogen-bond donors (Lipinski definition) is 2. The Bertz CT molecular complexity index is 451. The van der Waals surface area contributed by atoms with Gasteiger partial charge in [0.1, 0.15) is 0 Å². The van der Waals surface area contributed by atoms with E-state index in [-0.39, 0.29) is 17.9 Å². The van der Waals surface area contributed by atoms with Gasteiger partial charge in [-0.2, -0.15) is 0 Å². The highest BCUT2D eigenvalue weighted by Gasteiger charge is 2.15. The van der Waals surface area contributed by atoms with Crippen LogP contribution in [0.15, 0.2) is 18.2 Å². The molecule has 5 heteroatoms. The van der Waals surface area contributed by atoms with E-state index in [1.54, 1.807) is 12.1 Å². The molecule has 0 heterocycles. The van der Waals surface area contributed by atoms with E-state index in [2.05, 4.69) is 10.6 Å². The van der Waals surface area contributed by atoms with Crippen molar-refractivity contribution in [3.8, 4) is 0 Å². The van der Waals surface area contributed by atoms with Crippen molar-refractivity contribution in [2.45, 2.75) is 33.2 Å². The predicted molar refractivity (Wildman–Crippen MR) is 85.5 cm³/mol. The Morgan fingerprint density at radius 1 is 1.30 bits per heavy atom. The number of carbonyl (C=O) groups is 1. The molecule has 1 aromatic carbocycles. The van der Waals surface area contributed by atoms with E-state index < -0.39 is 0 Å². The van der Waals surface area contributed by atoms with Gasteiger partial charge in [0.15, 0.2) is 0 Å². The molecular formula is C15H22Cl2N2O. The van der Waals surface area contributed by atoms with Crippen LogP contribution < -0.4 is 10.6 Å². The van der Waals surface area contributed by atoms with Gasteiger partial charge in [0.05, 0.1) is 0 Å². The molecule has 20 heavy (non-hydrogen) atoms. The van der Waals surface area contributed by atoms with Crippen LogP contribution >= 0.6 is 23.2 Å². The van der Waals surface area contributed by atoms with Crippen molar-refractivity contribution < 1.29 is 4.79 Å². The minimum atomic E-state index is -0.123. The normalized spacial score (nSPS) is 13.8. The summed E-state index contributed by atoms with van der Waals surface area (Å²) in [5.74, 6) is -0.0803. The summed E-state index contributed by atoms with van der Waals surface area (Å²) in [6, 6.07) is 5.64. The maximum atomic E-state index is 12.0. The molecule has 112 valence electrons. The third-order valence-electron chi connectivity index (χ3n) is 3.12. The Labute approximate surface area is 131 Å². The fourth-order valence-electron chi connectivity index (χ4n) is 1.96. The summed E-state index contributed by atoms with van der Waals surface area (Å²) in [5, 5.41) is 7.42. The summed E-state index contributed by atoms with van der Waals surface area (Å²) in [7, 11) is 0. The van der Waals surface area contributed by atoms with E-state index >= 15 is 0 Å². The van der Waals surface area contributed by atoms with Gasteiger partial charge in [-0.05, 0) is 37.6 Å². The maximum Gasteiger partial charge on any atom is 0.223 e. The summed E-state index contributed by atoms with van der Waals surface area (Å²) in [6.07, 6.45) is 0.609. The number of halogens is 2. The summed E-state index contributed by atoms with van der Waals surface area (Å²) in [5.41, 5.74) is 0.943. The lowest BCUT2D eigenvalue weighted by molar-refractivity contribution is -0.124. The van der Waals surface area contributed by atoms with Crippen LogP contribution in [0, 0.1) is 5.92 Å². The largest absolute Gasteiger partial charge is 0.354 e. The first-order valence-electron chi connectivity index (χ1n) is 6.89. The van der Waals surface area contributed by atoms with Crippen LogP contribution in [-0.4, -0.2) is 25.0 Å². The van der Waals surface area contributed by atoms with Crippen molar-refractivity contribution in [2.24, 2.45) is 5.92 Å². The second-order valence-corrected chi connectivity index (χ2v) is 5.89. The number of amides is 1. The molecule has 0 bridgehead atoms. The molecule has 1 aromatic rings. The zero-order valence-electron chi connectivity index (χ0n) is 12.2. The SMILES string of the molecule is CCN[C@H](C)CNC(=O)C(C)Cc1ccc(Cl)cc1Cl. The zero-order chi connectivity index (χ0) is 15.1. The minimum absolute atomic E-state index is 0.0424. The number of hydrogen-bond acceptors (Lipinski definition) is 2. The number of carbonyl (C=O) groups excluding carboxylic acids is 1. The second-order valence-electron chi connectivity index (χ2n) is 5.04. The first-order chi connectivity index (χ1) is 9.43. The molecule has 0 saturated heterocycles. The van der Waals surface area contributed by atoms with Gasteiger partial charge in [-0.1, -0.05) is 43.1 Å². The molecule has 2 atom stereocenters. The van der Waals surface area contributed by atoms with Crippen molar-refractivity contribution in [3.63, 3.8) is 0 Å². The van der Waals surface area contributed by atoms with Gasteiger partial charge < -0.3 is 10.6 Å². The molecule has 1 amide bonds. The minimum Gasteiger partial charge on any atom is -0.354 e. The van der Waals surface area contributed by atoms with Crippen LogP contribution in [0.2, 0.25) is 10.0 Å². The van der Waals surface area contributed by atoms with E-state index in [0.29, 0.717) is 23.0 Å². The second kappa shape index (κ2) is 8.50. The smallest absolute Gasteiger partial charge is 0.223 e. The quantitative estimate of drug-likeness (QED) is 0.810. The Hall–Kier alpha value is -0.770. The van der Waals surface area contributed by atoms with Gasteiger partial charge in [-0.15, -0.1) is 0 Å². The number of likely N-dealkylation sites (N-methyl/N-ethyl adjacent to an activating group) is 1. The maximum absolute atomic E-state index is 12.0. The lowest BCUT2D eigenvalue weighted by Crippen LogP contribution is -2.41. The summed E-state index contributed by atoms with van der Waals surface area (Å²) in [4.78, 5) is 12.0. The number of benzene rings is 1. The zero-order valence-corrected chi connectivity index (χ0v) is 13.7. The molecule has 0 aromatic heterocycles. The average molecular weight is 317 g/mol. The van der Waals surface area contributed by atoms with Crippen LogP contribution in [0.1, 0.15) is 26.3 Å². The van der Waals surface area contributed by atoms with E-state index in [0.717, 1.165) is 12.1 Å². The molecule has 0 saturated carbocycles. The Morgan fingerprint density at radius 2 is 2.00 bits per heavy atom. The van der Waals surface area contributed by atoms with Crippen LogP contribution in [0.3, 0.4) is 0 Å². The molecule has 0 spiro atoms. The Balaban J connectivity index is 2.49. The van der Waals surface area contributed by atoms with Crippen molar-refractivity contribution in [1.82, 2.24) is 10.6 Å².